The second-order valence-electron chi connectivity index (χ2n) is 6.04. The van der Waals surface area contributed by atoms with E-state index in [1.165, 1.54) is 6.92 Å². The zero-order valence-electron chi connectivity index (χ0n) is 13.9. The average molecular weight is 378 g/mol. The quantitative estimate of drug-likeness (QED) is 0.373. The van der Waals surface area contributed by atoms with Crippen LogP contribution in [0.4, 0.5) is 0 Å². The fraction of sp³-hybridized carbons (Fsp3) is 0.800. The number of hydrogen-bond acceptors (Lipinski definition) is 5. The van der Waals surface area contributed by atoms with Gasteiger partial charge >= 0.3 is 140 Å². The first-order valence-electron chi connectivity index (χ1n) is 7.45. The second-order valence-corrected chi connectivity index (χ2v) is 7.54. The average Bonchev–Trinajstić information content (AvgIpc) is 2.37. The third-order valence-electron chi connectivity index (χ3n) is 3.11. The Morgan fingerprint density at radius 2 is 1.45 bits per heavy atom. The van der Waals surface area contributed by atoms with Crippen molar-refractivity contribution >= 4 is 34.8 Å². The van der Waals surface area contributed by atoms with E-state index >= 15 is 0 Å². The van der Waals surface area contributed by atoms with Crippen molar-refractivity contribution in [2.75, 3.05) is 0 Å². The molecular weight excluding hydrogens is 351 g/mol. The van der Waals surface area contributed by atoms with Gasteiger partial charge in [-0.25, -0.2) is 0 Å². The number of carbonyl (C=O) groups excluding carboxylic acids is 2. The van der Waals surface area contributed by atoms with E-state index in [1.807, 2.05) is 13.8 Å². The molecule has 0 rings (SSSR count). The molecule has 1 N–H and O–H groups in total. The van der Waals surface area contributed by atoms with E-state index in [0.29, 0.717) is 12.3 Å². The van der Waals surface area contributed by atoms with Crippen molar-refractivity contribution in [1.29, 1.82) is 0 Å². The van der Waals surface area contributed by atoms with E-state index in [0.717, 1.165) is 23.3 Å². The second kappa shape index (κ2) is 9.88. The van der Waals surface area contributed by atoms with Gasteiger partial charge in [0.25, 0.3) is 0 Å². The van der Waals surface area contributed by atoms with E-state index in [2.05, 4.69) is 0 Å². The van der Waals surface area contributed by atoms with Gasteiger partial charge in [0, 0.05) is 0 Å². The first-order chi connectivity index (χ1) is 10.1. The first-order valence-corrected chi connectivity index (χ1v) is 8.85. The van der Waals surface area contributed by atoms with Gasteiger partial charge in [-0.05, 0) is 0 Å². The molecule has 0 amide bonds. The van der Waals surface area contributed by atoms with Crippen LogP contribution in [0.1, 0.15) is 47.5 Å². The maximum atomic E-state index is 12.0. The van der Waals surface area contributed by atoms with E-state index in [-0.39, 0.29) is 5.92 Å². The van der Waals surface area contributed by atoms with E-state index in [4.69, 9.17) is 9.47 Å². The molecule has 0 saturated heterocycles. The standard InChI is InChI=1S/C15H27AsO6/c1-8(2)6-7-11(13(17)18)12(16)15(20)22-10(5)21-14(19)9(3)4/h8-12H,6-7,16H2,1-5H3,(H,17,18)/t10-,11?,12?/m1/s1. The Balaban J connectivity index is 4.59. The van der Waals surface area contributed by atoms with E-state index in [1.54, 1.807) is 13.8 Å². The zero-order valence-corrected chi connectivity index (χ0v) is 16.3. The number of ether oxygens (including phenoxy) is 2. The van der Waals surface area contributed by atoms with Crippen LogP contribution in [-0.2, 0) is 23.9 Å². The van der Waals surface area contributed by atoms with Gasteiger partial charge in [-0.2, -0.15) is 0 Å². The summed E-state index contributed by atoms with van der Waals surface area (Å²) in [4.78, 5) is 34.8. The zero-order chi connectivity index (χ0) is 17.4. The summed E-state index contributed by atoms with van der Waals surface area (Å²) in [6.45, 7) is 8.80. The topological polar surface area (TPSA) is 89.9 Å². The summed E-state index contributed by atoms with van der Waals surface area (Å²) >= 11 is 1.01. The van der Waals surface area contributed by atoms with Crippen LogP contribution in [0.2, 0.25) is 4.71 Å². The number of carbonyl (C=O) groups is 3. The number of aliphatic carboxylic acids is 1. The fourth-order valence-electron chi connectivity index (χ4n) is 1.70. The number of esters is 2. The fourth-order valence-corrected chi connectivity index (χ4v) is 2.61. The van der Waals surface area contributed by atoms with Gasteiger partial charge in [-0.1, -0.05) is 0 Å². The van der Waals surface area contributed by atoms with Crippen molar-refractivity contribution in [3.63, 3.8) is 0 Å². The predicted octanol–water partition coefficient (Wildman–Crippen LogP) is 1.63. The minimum atomic E-state index is -1.01. The molecule has 6 nitrogen and oxygen atoms in total. The van der Waals surface area contributed by atoms with Gasteiger partial charge in [0.15, 0.2) is 0 Å². The summed E-state index contributed by atoms with van der Waals surface area (Å²) in [7, 11) is 0. The first kappa shape index (κ1) is 21.0. The van der Waals surface area contributed by atoms with Crippen LogP contribution in [0.15, 0.2) is 0 Å². The Hall–Kier alpha value is -1.03. The van der Waals surface area contributed by atoms with Crippen LogP contribution in [-0.4, -0.2) is 46.2 Å². The molecule has 22 heavy (non-hydrogen) atoms. The monoisotopic (exact) mass is 378 g/mol. The molecule has 0 spiro atoms. The van der Waals surface area contributed by atoms with Gasteiger partial charge in [-0.3, -0.25) is 0 Å². The number of carboxylic acids is 1. The molecule has 0 aromatic heterocycles. The molecule has 0 saturated carbocycles. The van der Waals surface area contributed by atoms with Crippen molar-refractivity contribution < 1.29 is 29.0 Å². The van der Waals surface area contributed by atoms with Gasteiger partial charge in [0.1, 0.15) is 0 Å². The van der Waals surface area contributed by atoms with Crippen LogP contribution in [0, 0.1) is 17.8 Å². The summed E-state index contributed by atoms with van der Waals surface area (Å²) < 4.78 is 9.26. The third-order valence-corrected chi connectivity index (χ3v) is 4.66. The van der Waals surface area contributed by atoms with Gasteiger partial charge in [-0.15, -0.1) is 0 Å². The van der Waals surface area contributed by atoms with E-state index in [9.17, 15) is 19.5 Å². The van der Waals surface area contributed by atoms with Gasteiger partial charge in [0.05, 0.1) is 0 Å². The Labute approximate surface area is 140 Å². The summed E-state index contributed by atoms with van der Waals surface area (Å²) in [5, 5.41) is 9.27. The Bertz CT molecular complexity index is 393. The van der Waals surface area contributed by atoms with Crippen LogP contribution in [0.5, 0.6) is 0 Å². The maximum absolute atomic E-state index is 12.0. The molecule has 0 aliphatic heterocycles. The predicted molar refractivity (Wildman–Crippen MR) is 84.0 cm³/mol. The molecule has 3 unspecified atom stereocenters. The summed E-state index contributed by atoms with van der Waals surface area (Å²) in [5.41, 5.74) is 0. The van der Waals surface area contributed by atoms with Gasteiger partial charge in [0.2, 0.25) is 0 Å². The minimum absolute atomic E-state index is 0.319. The molecule has 0 fully saturated rings. The Morgan fingerprint density at radius 1 is 0.955 bits per heavy atom. The molecule has 128 valence electrons. The molecule has 0 radical (unpaired) electrons. The molecule has 0 aliphatic carbocycles. The van der Waals surface area contributed by atoms with Crippen molar-refractivity contribution in [1.82, 2.24) is 0 Å². The number of carboxylic acid groups (broad SMARTS) is 1. The van der Waals surface area contributed by atoms with Gasteiger partial charge < -0.3 is 0 Å². The van der Waals surface area contributed by atoms with E-state index < -0.39 is 34.8 Å². The number of rotatable bonds is 9. The summed E-state index contributed by atoms with van der Waals surface area (Å²) in [5.74, 6) is -2.83. The van der Waals surface area contributed by atoms with Crippen molar-refractivity contribution in [2.24, 2.45) is 17.8 Å². The Kier molecular flexibility index (Phi) is 9.42. The third kappa shape index (κ3) is 7.83. The van der Waals surface area contributed by atoms with Crippen molar-refractivity contribution in [3.8, 4) is 0 Å². The molecule has 0 heterocycles. The van der Waals surface area contributed by atoms with Crippen LogP contribution in [0.3, 0.4) is 0 Å². The van der Waals surface area contributed by atoms with Crippen molar-refractivity contribution in [3.05, 3.63) is 0 Å². The normalized spacial score (nSPS) is 15.3. The summed E-state index contributed by atoms with van der Waals surface area (Å²) in [6, 6.07) is 0. The molecule has 4 atom stereocenters. The summed E-state index contributed by atoms with van der Waals surface area (Å²) in [6.07, 6.45) is 0.133. The SMILES string of the molecule is CC(C)CCC(C(=O)O)C([AsH2])C(=O)O[C@H](C)OC(=O)C(C)C. The van der Waals surface area contributed by atoms with Crippen molar-refractivity contribution in [2.45, 2.75) is 58.5 Å². The Morgan fingerprint density at radius 3 is 1.86 bits per heavy atom. The van der Waals surface area contributed by atoms with Crippen LogP contribution in [0.25, 0.3) is 0 Å². The molecule has 0 aliphatic rings. The number of hydrogen-bond donors (Lipinski definition) is 1. The molecule has 0 bridgehead atoms. The molecule has 0 aromatic carbocycles. The molecular formula is C15H27AsO6. The van der Waals surface area contributed by atoms with Crippen LogP contribution >= 0.6 is 0 Å². The van der Waals surface area contributed by atoms with Crippen LogP contribution < -0.4 is 0 Å². The molecule has 7 heteroatoms. The molecule has 0 aromatic rings.